The Labute approximate surface area is 235 Å². The molecular weight excluding hydrogens is 526 g/mol. The van der Waals surface area contributed by atoms with E-state index in [1.807, 2.05) is 6.08 Å². The van der Waals surface area contributed by atoms with Gasteiger partial charge in [0.1, 0.15) is 36.3 Å². The average molecular weight is 576 g/mol. The molecule has 0 aromatic heterocycles. The molecule has 1 unspecified atom stereocenters. The second kappa shape index (κ2) is 16.9. The molecule has 2 aliphatic heterocycles. The summed E-state index contributed by atoms with van der Waals surface area (Å²) in [6.45, 7) is 4.28. The van der Waals surface area contributed by atoms with Crippen LogP contribution in [0.5, 0.6) is 0 Å². The minimum absolute atomic E-state index is 0.0985. The van der Waals surface area contributed by atoms with Gasteiger partial charge < -0.3 is 66.8 Å². The summed E-state index contributed by atoms with van der Waals surface area (Å²) < 4.78 is 23.8. The van der Waals surface area contributed by atoms with Gasteiger partial charge in [-0.1, -0.05) is 6.92 Å². The Balaban J connectivity index is 1.71. The van der Waals surface area contributed by atoms with Crippen LogP contribution in [0.15, 0.2) is 11.8 Å². The molecule has 40 heavy (non-hydrogen) atoms. The molecule has 14 heteroatoms. The van der Waals surface area contributed by atoms with Crippen LogP contribution < -0.4 is 27.4 Å². The molecule has 2 fully saturated rings. The first kappa shape index (κ1) is 33.1. The number of nitrogens with one attached hydrogen (secondary N) is 3. The number of carbonyl (C=O) groups is 1. The standard InChI is InChI=1S/C26H49N5O9/c1-2-19(33)26(37-10-9-32)40-24-18(31-25(36)21(34)15-12-30-13-15)11-17(28)23(22(24)35)39-20-6-3-5-16(38-20)14-29-8-4-7-27/h5,15,17-24,26,29-30,32-35H,2-4,6-14,27-28H2,1H3,(H,31,36)/t17-,18+,19+,20+,21?,22-,23+,24-,26+/m0/s1. The minimum atomic E-state index is -1.33. The fraction of sp³-hybridized carbons (Fsp3) is 0.885. The quantitative estimate of drug-likeness (QED) is 0.0623. The first-order valence-electron chi connectivity index (χ1n) is 14.4. The summed E-state index contributed by atoms with van der Waals surface area (Å²) in [6, 6.07) is -1.50. The van der Waals surface area contributed by atoms with E-state index in [1.54, 1.807) is 6.92 Å². The van der Waals surface area contributed by atoms with Crippen molar-refractivity contribution in [2.45, 2.75) is 94.2 Å². The maximum absolute atomic E-state index is 12.9. The monoisotopic (exact) mass is 575 g/mol. The Kier molecular flexibility index (Phi) is 14.0. The lowest BCUT2D eigenvalue weighted by atomic mass is 9.83. The van der Waals surface area contributed by atoms with Crippen molar-refractivity contribution in [2.75, 3.05) is 45.9 Å². The highest BCUT2D eigenvalue weighted by Gasteiger charge is 2.48. The van der Waals surface area contributed by atoms with E-state index >= 15 is 0 Å². The number of aliphatic hydroxyl groups is 4. The summed E-state index contributed by atoms with van der Waals surface area (Å²) in [5.74, 6) is -0.0796. The van der Waals surface area contributed by atoms with Crippen LogP contribution in [0.2, 0.25) is 0 Å². The Morgan fingerprint density at radius 1 is 1.30 bits per heavy atom. The third-order valence-electron chi connectivity index (χ3n) is 7.49. The van der Waals surface area contributed by atoms with E-state index in [2.05, 4.69) is 16.0 Å². The van der Waals surface area contributed by atoms with Crippen LogP contribution in [0, 0.1) is 5.92 Å². The molecule has 1 aliphatic carbocycles. The normalized spacial score (nSPS) is 31.4. The zero-order chi connectivity index (χ0) is 29.1. The number of carbonyl (C=O) groups excluding carboxylic acids is 1. The fourth-order valence-corrected chi connectivity index (χ4v) is 4.99. The molecule has 0 bridgehead atoms. The third kappa shape index (κ3) is 9.29. The molecule has 0 radical (unpaired) electrons. The van der Waals surface area contributed by atoms with Crippen LogP contribution in [0.25, 0.3) is 0 Å². The summed E-state index contributed by atoms with van der Waals surface area (Å²) >= 11 is 0. The maximum Gasteiger partial charge on any atom is 0.249 e. The molecule has 14 nitrogen and oxygen atoms in total. The minimum Gasteiger partial charge on any atom is -0.468 e. The highest BCUT2D eigenvalue weighted by Crippen LogP contribution is 2.30. The molecule has 0 aromatic rings. The van der Waals surface area contributed by atoms with Gasteiger partial charge in [-0.2, -0.15) is 0 Å². The Morgan fingerprint density at radius 3 is 2.73 bits per heavy atom. The smallest absolute Gasteiger partial charge is 0.249 e. The van der Waals surface area contributed by atoms with Crippen molar-refractivity contribution >= 4 is 5.91 Å². The highest BCUT2D eigenvalue weighted by molar-refractivity contribution is 5.81. The first-order valence-corrected chi connectivity index (χ1v) is 14.4. The van der Waals surface area contributed by atoms with Gasteiger partial charge in [-0.3, -0.25) is 4.79 Å². The lowest BCUT2D eigenvalue weighted by Gasteiger charge is -2.46. The lowest BCUT2D eigenvalue weighted by molar-refractivity contribution is -0.269. The molecule has 3 aliphatic rings. The van der Waals surface area contributed by atoms with E-state index < -0.39 is 61.1 Å². The van der Waals surface area contributed by atoms with Gasteiger partial charge in [0.25, 0.3) is 0 Å². The molecule has 0 aromatic carbocycles. The maximum atomic E-state index is 12.9. The number of nitrogens with two attached hydrogens (primary N) is 2. The summed E-state index contributed by atoms with van der Waals surface area (Å²) in [5.41, 5.74) is 12.0. The van der Waals surface area contributed by atoms with E-state index in [4.69, 9.17) is 30.4 Å². The van der Waals surface area contributed by atoms with Crippen LogP contribution in [-0.4, -0.2) is 127 Å². The van der Waals surface area contributed by atoms with Crippen molar-refractivity contribution in [3.63, 3.8) is 0 Å². The largest absolute Gasteiger partial charge is 0.468 e. The molecule has 1 amide bonds. The molecule has 11 N–H and O–H groups in total. The Morgan fingerprint density at radius 2 is 2.08 bits per heavy atom. The van der Waals surface area contributed by atoms with Gasteiger partial charge >= 0.3 is 0 Å². The predicted octanol–water partition coefficient (Wildman–Crippen LogP) is -3.02. The van der Waals surface area contributed by atoms with Crippen molar-refractivity contribution in [2.24, 2.45) is 17.4 Å². The van der Waals surface area contributed by atoms with Crippen LogP contribution in [-0.2, 0) is 23.7 Å². The molecule has 1 saturated heterocycles. The third-order valence-corrected chi connectivity index (χ3v) is 7.49. The van der Waals surface area contributed by atoms with Gasteiger partial charge in [-0.05, 0) is 44.8 Å². The second-order valence-corrected chi connectivity index (χ2v) is 10.6. The number of ether oxygens (including phenoxy) is 4. The topological polar surface area (TPSA) is 223 Å². The van der Waals surface area contributed by atoms with Crippen molar-refractivity contribution in [3.8, 4) is 0 Å². The van der Waals surface area contributed by atoms with E-state index in [0.29, 0.717) is 32.6 Å². The van der Waals surface area contributed by atoms with E-state index in [1.165, 1.54) is 0 Å². The van der Waals surface area contributed by atoms with Gasteiger partial charge in [-0.25, -0.2) is 0 Å². The van der Waals surface area contributed by atoms with Crippen LogP contribution in [0.4, 0.5) is 0 Å². The van der Waals surface area contributed by atoms with Crippen molar-refractivity contribution in [1.82, 2.24) is 16.0 Å². The Hall–Kier alpha value is -1.43. The van der Waals surface area contributed by atoms with Crippen LogP contribution in [0.3, 0.4) is 0 Å². The van der Waals surface area contributed by atoms with Crippen molar-refractivity contribution in [1.29, 1.82) is 0 Å². The van der Waals surface area contributed by atoms with Crippen molar-refractivity contribution < 1.29 is 44.2 Å². The second-order valence-electron chi connectivity index (χ2n) is 10.6. The van der Waals surface area contributed by atoms with Gasteiger partial charge in [0, 0.05) is 31.5 Å². The van der Waals surface area contributed by atoms with Gasteiger partial charge in [0.05, 0.1) is 25.8 Å². The zero-order valence-electron chi connectivity index (χ0n) is 23.3. The molecule has 3 rings (SSSR count). The number of hydrogen-bond acceptors (Lipinski definition) is 13. The summed E-state index contributed by atoms with van der Waals surface area (Å²) in [7, 11) is 0. The number of hydrogen-bond donors (Lipinski definition) is 9. The average Bonchev–Trinajstić information content (AvgIpc) is 2.91. The van der Waals surface area contributed by atoms with Gasteiger partial charge in [0.2, 0.25) is 5.91 Å². The van der Waals surface area contributed by atoms with Gasteiger partial charge in [0.15, 0.2) is 12.6 Å². The summed E-state index contributed by atoms with van der Waals surface area (Å²) in [5, 5.41) is 50.7. The van der Waals surface area contributed by atoms with E-state index in [-0.39, 0.29) is 32.0 Å². The molecule has 2 heterocycles. The molecule has 1 saturated carbocycles. The summed E-state index contributed by atoms with van der Waals surface area (Å²) in [6.07, 6.45) is -2.89. The number of aliphatic hydroxyl groups excluding tert-OH is 4. The SMILES string of the molecule is CC[C@@H](O)[C@H](OCCO)O[C@@H]1[C@@H](O)[C@H](O[C@@H]2CCC=C(CNCCCN)O2)[C@@H](N)C[C@H]1NC(=O)C(O)C1CNC1. The van der Waals surface area contributed by atoms with E-state index in [9.17, 15) is 25.2 Å². The van der Waals surface area contributed by atoms with Gasteiger partial charge in [-0.15, -0.1) is 0 Å². The van der Waals surface area contributed by atoms with Crippen LogP contribution >= 0.6 is 0 Å². The number of rotatable bonds is 17. The molecule has 0 spiro atoms. The van der Waals surface area contributed by atoms with Crippen molar-refractivity contribution in [3.05, 3.63) is 11.8 Å². The first-order chi connectivity index (χ1) is 19.3. The predicted molar refractivity (Wildman–Crippen MR) is 144 cm³/mol. The van der Waals surface area contributed by atoms with Crippen LogP contribution in [0.1, 0.15) is 39.0 Å². The molecular formula is C26H49N5O9. The number of allylic oxidation sites excluding steroid dienone is 1. The molecule has 9 atom stereocenters. The number of amides is 1. The molecule has 232 valence electrons. The zero-order valence-corrected chi connectivity index (χ0v) is 23.3. The lowest BCUT2D eigenvalue weighted by Crippen LogP contribution is -2.67. The highest BCUT2D eigenvalue weighted by atomic mass is 16.7. The Bertz CT molecular complexity index is 790. The summed E-state index contributed by atoms with van der Waals surface area (Å²) in [4.78, 5) is 12.9. The fourth-order valence-electron chi connectivity index (χ4n) is 4.99. The van der Waals surface area contributed by atoms with E-state index in [0.717, 1.165) is 25.1 Å².